The number of hydrogen-bond donors (Lipinski definition) is 0. The van der Waals surface area contributed by atoms with Gasteiger partial charge in [-0.15, -0.1) is 0 Å². The summed E-state index contributed by atoms with van der Waals surface area (Å²) < 4.78 is 4.97. The van der Waals surface area contributed by atoms with Crippen molar-refractivity contribution in [2.75, 3.05) is 13.2 Å². The Hall–Kier alpha value is -0.830. The first-order chi connectivity index (χ1) is 10.3. The van der Waals surface area contributed by atoms with Crippen LogP contribution >= 0.6 is 0 Å². The molecule has 3 nitrogen and oxygen atoms in total. The van der Waals surface area contributed by atoms with Crippen molar-refractivity contribution in [2.24, 2.45) is 0 Å². The largest absolute Gasteiger partial charge is 0.463 e. The van der Waals surface area contributed by atoms with Crippen LogP contribution in [0.1, 0.15) is 71.1 Å². The third-order valence-corrected chi connectivity index (χ3v) is 4.94. The van der Waals surface area contributed by atoms with Crippen molar-refractivity contribution in [1.29, 1.82) is 0 Å². The van der Waals surface area contributed by atoms with Gasteiger partial charge in [0.1, 0.15) is 0 Å². The van der Waals surface area contributed by atoms with Crippen LogP contribution < -0.4 is 0 Å². The number of hydrogen-bond acceptors (Lipinski definition) is 3. The molecule has 2 aliphatic carbocycles. The van der Waals surface area contributed by atoms with Crippen LogP contribution in [0.15, 0.2) is 12.2 Å². The minimum absolute atomic E-state index is 0.204. The number of rotatable bonds is 6. The van der Waals surface area contributed by atoms with Crippen LogP contribution in [0.3, 0.4) is 0 Å². The van der Waals surface area contributed by atoms with E-state index in [-0.39, 0.29) is 5.97 Å². The molecular formula is C18H31NO2. The third kappa shape index (κ3) is 5.46. The van der Waals surface area contributed by atoms with Gasteiger partial charge in [-0.25, -0.2) is 4.79 Å². The fourth-order valence-electron chi connectivity index (χ4n) is 3.88. The lowest BCUT2D eigenvalue weighted by atomic mass is 9.88. The first-order valence-corrected chi connectivity index (χ1v) is 8.90. The second kappa shape index (κ2) is 9.24. The molecule has 2 fully saturated rings. The summed E-state index contributed by atoms with van der Waals surface area (Å²) in [6.07, 6.45) is 17.3. The maximum atomic E-state index is 11.4. The summed E-state index contributed by atoms with van der Waals surface area (Å²) in [6, 6.07) is 1.46. The predicted molar refractivity (Wildman–Crippen MR) is 86.2 cm³/mol. The molecule has 0 radical (unpaired) electrons. The zero-order valence-corrected chi connectivity index (χ0v) is 13.6. The SMILES string of the molecule is CCOC(=O)/C=C/CN(C1CCCCC1)C1CCCCC1. The maximum absolute atomic E-state index is 11.4. The molecule has 0 N–H and O–H groups in total. The predicted octanol–water partition coefficient (Wildman–Crippen LogP) is 4.07. The Morgan fingerprint density at radius 1 is 1.00 bits per heavy atom. The number of nitrogens with zero attached hydrogens (tertiary/aromatic N) is 1. The molecule has 0 aromatic rings. The molecule has 2 saturated carbocycles. The Labute approximate surface area is 129 Å². The third-order valence-electron chi connectivity index (χ3n) is 4.94. The number of ether oxygens (including phenoxy) is 1. The van der Waals surface area contributed by atoms with E-state index in [4.69, 9.17) is 4.74 Å². The van der Waals surface area contributed by atoms with Crippen LogP contribution in [0.25, 0.3) is 0 Å². The normalized spacial score (nSPS) is 22.0. The highest BCUT2D eigenvalue weighted by Gasteiger charge is 2.27. The topological polar surface area (TPSA) is 29.5 Å². The summed E-state index contributed by atoms with van der Waals surface area (Å²) in [5, 5.41) is 0. The van der Waals surface area contributed by atoms with E-state index in [1.54, 1.807) is 6.08 Å². The fourth-order valence-corrected chi connectivity index (χ4v) is 3.88. The molecule has 2 rings (SSSR count). The smallest absolute Gasteiger partial charge is 0.330 e. The Morgan fingerprint density at radius 2 is 1.52 bits per heavy atom. The van der Waals surface area contributed by atoms with Gasteiger partial charge in [-0.3, -0.25) is 4.90 Å². The molecular weight excluding hydrogens is 262 g/mol. The van der Waals surface area contributed by atoms with Crippen molar-refractivity contribution >= 4 is 5.97 Å². The maximum Gasteiger partial charge on any atom is 0.330 e. The van der Waals surface area contributed by atoms with E-state index in [1.165, 1.54) is 64.2 Å². The molecule has 120 valence electrons. The van der Waals surface area contributed by atoms with Gasteiger partial charge in [0.2, 0.25) is 0 Å². The van der Waals surface area contributed by atoms with Crippen molar-refractivity contribution in [3.05, 3.63) is 12.2 Å². The van der Waals surface area contributed by atoms with Crippen LogP contribution in [-0.2, 0) is 9.53 Å². The molecule has 0 amide bonds. The first-order valence-electron chi connectivity index (χ1n) is 8.90. The number of carbonyl (C=O) groups is 1. The van der Waals surface area contributed by atoms with Gasteiger partial charge in [-0.05, 0) is 32.6 Å². The second-order valence-corrected chi connectivity index (χ2v) is 6.43. The Kier molecular flexibility index (Phi) is 7.28. The van der Waals surface area contributed by atoms with Crippen LogP contribution in [0, 0.1) is 0 Å². The number of esters is 1. The summed E-state index contributed by atoms with van der Waals surface area (Å²) in [7, 11) is 0. The van der Waals surface area contributed by atoms with Crippen LogP contribution in [0.4, 0.5) is 0 Å². The minimum Gasteiger partial charge on any atom is -0.463 e. The summed E-state index contributed by atoms with van der Waals surface area (Å²) in [5.41, 5.74) is 0. The molecule has 0 bridgehead atoms. The molecule has 0 unspecified atom stereocenters. The van der Waals surface area contributed by atoms with Gasteiger partial charge >= 0.3 is 5.97 Å². The molecule has 21 heavy (non-hydrogen) atoms. The van der Waals surface area contributed by atoms with Crippen LogP contribution in [0.2, 0.25) is 0 Å². The average Bonchev–Trinajstić information content (AvgIpc) is 2.53. The highest BCUT2D eigenvalue weighted by Crippen LogP contribution is 2.29. The van der Waals surface area contributed by atoms with Crippen LogP contribution in [0.5, 0.6) is 0 Å². The van der Waals surface area contributed by atoms with Gasteiger partial charge in [0.15, 0.2) is 0 Å². The lowest BCUT2D eigenvalue weighted by molar-refractivity contribution is -0.137. The quantitative estimate of drug-likeness (QED) is 0.546. The molecule has 0 aromatic carbocycles. The fraction of sp³-hybridized carbons (Fsp3) is 0.833. The number of carbonyl (C=O) groups excluding carboxylic acids is 1. The Morgan fingerprint density at radius 3 is 2.00 bits per heavy atom. The van der Waals surface area contributed by atoms with Crippen molar-refractivity contribution in [1.82, 2.24) is 4.90 Å². The van der Waals surface area contributed by atoms with Crippen molar-refractivity contribution < 1.29 is 9.53 Å². The van der Waals surface area contributed by atoms with Crippen molar-refractivity contribution in [2.45, 2.75) is 83.2 Å². The average molecular weight is 293 g/mol. The van der Waals surface area contributed by atoms with Gasteiger partial charge in [-0.2, -0.15) is 0 Å². The van der Waals surface area contributed by atoms with E-state index in [0.29, 0.717) is 6.61 Å². The summed E-state index contributed by atoms with van der Waals surface area (Å²) in [6.45, 7) is 3.22. The van der Waals surface area contributed by atoms with Gasteiger partial charge < -0.3 is 4.74 Å². The second-order valence-electron chi connectivity index (χ2n) is 6.43. The Balaban J connectivity index is 1.92. The van der Waals surface area contributed by atoms with Gasteiger partial charge in [0, 0.05) is 24.7 Å². The molecule has 0 atom stereocenters. The minimum atomic E-state index is -0.204. The summed E-state index contributed by atoms with van der Waals surface area (Å²) >= 11 is 0. The van der Waals surface area contributed by atoms with E-state index < -0.39 is 0 Å². The summed E-state index contributed by atoms with van der Waals surface area (Å²) in [5.74, 6) is -0.204. The Bertz CT molecular complexity index is 310. The van der Waals surface area contributed by atoms with Gasteiger partial charge in [0.05, 0.1) is 6.61 Å². The standard InChI is InChI=1S/C18H31NO2/c1-2-21-18(20)14-9-15-19(16-10-5-3-6-11-16)17-12-7-4-8-13-17/h9,14,16-17H,2-8,10-13,15H2,1H3/b14-9+. The monoisotopic (exact) mass is 293 g/mol. The molecule has 3 heteroatoms. The van der Waals surface area contributed by atoms with Gasteiger partial charge in [-0.1, -0.05) is 44.6 Å². The van der Waals surface area contributed by atoms with E-state index in [0.717, 1.165) is 18.6 Å². The lowest BCUT2D eigenvalue weighted by Gasteiger charge is -2.41. The van der Waals surface area contributed by atoms with E-state index in [1.807, 2.05) is 13.0 Å². The molecule has 0 aliphatic heterocycles. The first kappa shape index (κ1) is 16.5. The van der Waals surface area contributed by atoms with Crippen molar-refractivity contribution in [3.8, 4) is 0 Å². The van der Waals surface area contributed by atoms with Crippen LogP contribution in [-0.4, -0.2) is 36.1 Å². The molecule has 0 spiro atoms. The van der Waals surface area contributed by atoms with E-state index in [9.17, 15) is 4.79 Å². The highest BCUT2D eigenvalue weighted by atomic mass is 16.5. The summed E-state index contributed by atoms with van der Waals surface area (Å²) in [4.78, 5) is 14.1. The molecule has 2 aliphatic rings. The zero-order valence-electron chi connectivity index (χ0n) is 13.6. The molecule has 0 saturated heterocycles. The molecule has 0 aromatic heterocycles. The molecule has 0 heterocycles. The van der Waals surface area contributed by atoms with Crippen molar-refractivity contribution in [3.63, 3.8) is 0 Å². The lowest BCUT2D eigenvalue weighted by Crippen LogP contribution is -2.45. The van der Waals surface area contributed by atoms with Gasteiger partial charge in [0.25, 0.3) is 0 Å². The van der Waals surface area contributed by atoms with E-state index >= 15 is 0 Å². The highest BCUT2D eigenvalue weighted by molar-refractivity contribution is 5.81. The zero-order chi connectivity index (χ0) is 14.9. The van der Waals surface area contributed by atoms with E-state index in [2.05, 4.69) is 4.90 Å².